The molecule has 0 spiro atoms. The van der Waals surface area contributed by atoms with Crippen LogP contribution >= 0.6 is 23.7 Å². The zero-order valence-corrected chi connectivity index (χ0v) is 12.2. The molecule has 0 saturated heterocycles. The molecule has 108 valence electrons. The summed E-state index contributed by atoms with van der Waals surface area (Å²) in [6, 6.07) is 3.35. The number of nitrogens with one attached hydrogen (secondary N) is 2. The predicted octanol–water partition coefficient (Wildman–Crippen LogP) is 1.67. The Balaban J connectivity index is 0.00000147. The molecule has 2 aromatic rings. The highest BCUT2D eigenvalue weighted by Gasteiger charge is 2.21. The van der Waals surface area contributed by atoms with Gasteiger partial charge in [0.2, 0.25) is 5.13 Å². The molecule has 0 saturated carbocycles. The van der Waals surface area contributed by atoms with E-state index in [0.717, 1.165) is 29.2 Å². The summed E-state index contributed by atoms with van der Waals surface area (Å²) in [5, 5.41) is 34.2. The van der Waals surface area contributed by atoms with Crippen molar-refractivity contribution in [2.45, 2.75) is 12.5 Å². The summed E-state index contributed by atoms with van der Waals surface area (Å²) < 4.78 is 0. The van der Waals surface area contributed by atoms with E-state index in [1.54, 1.807) is 17.6 Å². The lowest BCUT2D eigenvalue weighted by molar-refractivity contribution is 0.399. The first kappa shape index (κ1) is 14.8. The van der Waals surface area contributed by atoms with Crippen LogP contribution in [0.3, 0.4) is 0 Å². The van der Waals surface area contributed by atoms with Gasteiger partial charge in [-0.1, -0.05) is 11.3 Å². The SMILES string of the molecule is Cl.Oc1cc2c(cc1O)C(CNc1nncs1)NCC2. The first-order valence-electron chi connectivity index (χ1n) is 6.02. The fraction of sp³-hybridized carbons (Fsp3) is 0.333. The fourth-order valence-corrected chi connectivity index (χ4v) is 2.74. The third kappa shape index (κ3) is 2.95. The van der Waals surface area contributed by atoms with Gasteiger partial charge < -0.3 is 20.8 Å². The molecule has 1 aliphatic rings. The van der Waals surface area contributed by atoms with Gasteiger partial charge in [-0.05, 0) is 36.2 Å². The Morgan fingerprint density at radius 1 is 1.35 bits per heavy atom. The number of phenols is 2. The molecule has 1 aliphatic heterocycles. The molecule has 6 nitrogen and oxygen atoms in total. The zero-order chi connectivity index (χ0) is 13.2. The number of hydrogen-bond donors (Lipinski definition) is 4. The second-order valence-corrected chi connectivity index (χ2v) is 5.25. The smallest absolute Gasteiger partial charge is 0.205 e. The molecule has 2 heterocycles. The number of halogens is 1. The third-order valence-corrected chi connectivity index (χ3v) is 3.86. The van der Waals surface area contributed by atoms with Crippen molar-refractivity contribution in [3.63, 3.8) is 0 Å². The van der Waals surface area contributed by atoms with E-state index in [-0.39, 0.29) is 29.9 Å². The van der Waals surface area contributed by atoms with E-state index in [9.17, 15) is 10.2 Å². The van der Waals surface area contributed by atoms with Crippen molar-refractivity contribution in [2.75, 3.05) is 18.4 Å². The molecule has 8 heteroatoms. The summed E-state index contributed by atoms with van der Waals surface area (Å²) in [5.41, 5.74) is 3.76. The maximum atomic E-state index is 9.63. The summed E-state index contributed by atoms with van der Waals surface area (Å²) in [4.78, 5) is 0. The first-order chi connectivity index (χ1) is 9.24. The summed E-state index contributed by atoms with van der Waals surface area (Å²) in [6.45, 7) is 1.51. The van der Waals surface area contributed by atoms with E-state index in [1.165, 1.54) is 11.3 Å². The predicted molar refractivity (Wildman–Crippen MR) is 79.9 cm³/mol. The quantitative estimate of drug-likeness (QED) is 0.644. The van der Waals surface area contributed by atoms with Crippen LogP contribution in [-0.4, -0.2) is 33.5 Å². The Kier molecular flexibility index (Phi) is 4.64. The Morgan fingerprint density at radius 3 is 2.90 bits per heavy atom. The van der Waals surface area contributed by atoms with Crippen LogP contribution in [0.4, 0.5) is 5.13 Å². The maximum absolute atomic E-state index is 9.63. The monoisotopic (exact) mass is 314 g/mol. The van der Waals surface area contributed by atoms with Crippen molar-refractivity contribution in [3.8, 4) is 11.5 Å². The third-order valence-electron chi connectivity index (χ3n) is 3.21. The molecule has 0 amide bonds. The van der Waals surface area contributed by atoms with E-state index in [0.29, 0.717) is 6.54 Å². The Hall–Kier alpha value is -1.57. The van der Waals surface area contributed by atoms with Gasteiger partial charge in [0.1, 0.15) is 5.51 Å². The molecule has 0 aliphatic carbocycles. The van der Waals surface area contributed by atoms with E-state index < -0.39 is 0 Å². The van der Waals surface area contributed by atoms with Gasteiger partial charge in [0.25, 0.3) is 0 Å². The van der Waals surface area contributed by atoms with Gasteiger partial charge in [-0.2, -0.15) is 0 Å². The lowest BCUT2D eigenvalue weighted by Crippen LogP contribution is -2.34. The van der Waals surface area contributed by atoms with Crippen LogP contribution in [0.15, 0.2) is 17.6 Å². The number of phenolic OH excluding ortho intramolecular Hbond substituents is 2. The standard InChI is InChI=1S/C12H14N4O2S.ClH/c17-10-3-7-1-2-13-9(8(7)4-11(10)18)5-14-12-16-15-6-19-12;/h3-4,6,9,13,17-18H,1-2,5H2,(H,14,16);1H. The summed E-state index contributed by atoms with van der Waals surface area (Å²) in [6.07, 6.45) is 0.846. The van der Waals surface area contributed by atoms with Gasteiger partial charge in [-0.25, -0.2) is 0 Å². The average molecular weight is 315 g/mol. The largest absolute Gasteiger partial charge is 0.504 e. The molecule has 20 heavy (non-hydrogen) atoms. The van der Waals surface area contributed by atoms with Gasteiger partial charge >= 0.3 is 0 Å². The minimum atomic E-state index is -0.0802. The molecule has 1 atom stereocenters. The molecule has 3 rings (SSSR count). The average Bonchev–Trinajstić information content (AvgIpc) is 2.91. The fourth-order valence-electron chi connectivity index (χ4n) is 2.29. The molecular weight excluding hydrogens is 300 g/mol. The van der Waals surface area contributed by atoms with E-state index in [1.807, 2.05) is 0 Å². The highest BCUT2D eigenvalue weighted by atomic mass is 35.5. The van der Waals surface area contributed by atoms with Crippen LogP contribution in [0.1, 0.15) is 17.2 Å². The van der Waals surface area contributed by atoms with Crippen LogP contribution < -0.4 is 10.6 Å². The molecule has 4 N–H and O–H groups in total. The normalized spacial score (nSPS) is 17.1. The van der Waals surface area contributed by atoms with Gasteiger partial charge in [-0.15, -0.1) is 22.6 Å². The second kappa shape index (κ2) is 6.25. The Labute approximate surface area is 126 Å². The van der Waals surface area contributed by atoms with Gasteiger partial charge in [0.05, 0.1) is 6.04 Å². The zero-order valence-electron chi connectivity index (χ0n) is 10.5. The number of aromatic nitrogens is 2. The molecule has 0 bridgehead atoms. The molecule has 1 unspecified atom stereocenters. The highest BCUT2D eigenvalue weighted by Crippen LogP contribution is 2.33. The van der Waals surface area contributed by atoms with Crippen molar-refractivity contribution in [1.29, 1.82) is 0 Å². The number of hydrogen-bond acceptors (Lipinski definition) is 7. The highest BCUT2D eigenvalue weighted by molar-refractivity contribution is 7.13. The maximum Gasteiger partial charge on any atom is 0.205 e. The molecular formula is C12H15ClN4O2S. The number of rotatable bonds is 3. The van der Waals surface area contributed by atoms with Crippen molar-refractivity contribution >= 4 is 28.9 Å². The van der Waals surface area contributed by atoms with E-state index in [4.69, 9.17) is 0 Å². The summed E-state index contributed by atoms with van der Waals surface area (Å²) in [7, 11) is 0. The van der Waals surface area contributed by atoms with Crippen molar-refractivity contribution < 1.29 is 10.2 Å². The number of benzene rings is 1. The van der Waals surface area contributed by atoms with Gasteiger partial charge in [0.15, 0.2) is 11.5 Å². The Bertz CT molecular complexity index is 579. The van der Waals surface area contributed by atoms with E-state index in [2.05, 4.69) is 20.8 Å². The minimum absolute atomic E-state index is 0. The van der Waals surface area contributed by atoms with Crippen LogP contribution in [0, 0.1) is 0 Å². The lowest BCUT2D eigenvalue weighted by atomic mass is 9.93. The van der Waals surface area contributed by atoms with Crippen molar-refractivity contribution in [1.82, 2.24) is 15.5 Å². The molecule has 1 aromatic heterocycles. The van der Waals surface area contributed by atoms with E-state index >= 15 is 0 Å². The van der Waals surface area contributed by atoms with Crippen LogP contribution in [0.25, 0.3) is 0 Å². The molecule has 1 aromatic carbocycles. The topological polar surface area (TPSA) is 90.3 Å². The number of anilines is 1. The molecule has 0 fully saturated rings. The van der Waals surface area contributed by atoms with Crippen molar-refractivity contribution in [3.05, 3.63) is 28.8 Å². The van der Waals surface area contributed by atoms with Gasteiger partial charge in [-0.3, -0.25) is 0 Å². The van der Waals surface area contributed by atoms with Crippen LogP contribution in [0.5, 0.6) is 11.5 Å². The summed E-state index contributed by atoms with van der Waals surface area (Å²) in [5.74, 6) is -0.139. The lowest BCUT2D eigenvalue weighted by Gasteiger charge is -2.27. The number of fused-ring (bicyclic) bond motifs is 1. The first-order valence-corrected chi connectivity index (χ1v) is 6.90. The van der Waals surface area contributed by atoms with Crippen LogP contribution in [0.2, 0.25) is 0 Å². The minimum Gasteiger partial charge on any atom is -0.504 e. The van der Waals surface area contributed by atoms with Crippen molar-refractivity contribution in [2.24, 2.45) is 0 Å². The van der Waals surface area contributed by atoms with Gasteiger partial charge in [0, 0.05) is 6.54 Å². The molecule has 0 radical (unpaired) electrons. The Morgan fingerprint density at radius 2 is 2.15 bits per heavy atom. The number of nitrogens with zero attached hydrogens (tertiary/aromatic N) is 2. The number of aromatic hydroxyl groups is 2. The second-order valence-electron chi connectivity index (χ2n) is 4.42. The summed E-state index contributed by atoms with van der Waals surface area (Å²) >= 11 is 1.45. The van der Waals surface area contributed by atoms with Crippen LogP contribution in [-0.2, 0) is 6.42 Å².